The predicted octanol–water partition coefficient (Wildman–Crippen LogP) is 2.28. The van der Waals surface area contributed by atoms with Crippen molar-refractivity contribution in [2.45, 2.75) is 12.5 Å². The van der Waals surface area contributed by atoms with Crippen molar-refractivity contribution >= 4 is 34.8 Å². The fraction of sp³-hybridized carbons (Fsp3) is 0.250. The van der Waals surface area contributed by atoms with Crippen LogP contribution >= 0.6 is 0 Å². The van der Waals surface area contributed by atoms with Crippen molar-refractivity contribution in [3.8, 4) is 0 Å². The van der Waals surface area contributed by atoms with Crippen LogP contribution in [0.5, 0.6) is 0 Å². The van der Waals surface area contributed by atoms with E-state index in [1.54, 1.807) is 12.1 Å². The molecule has 2 amide bonds. The van der Waals surface area contributed by atoms with Crippen molar-refractivity contribution in [1.82, 2.24) is 0 Å². The minimum atomic E-state index is -0.622. The highest BCUT2D eigenvalue weighted by molar-refractivity contribution is 6.23. The van der Waals surface area contributed by atoms with Crippen LogP contribution in [-0.4, -0.2) is 45.0 Å². The molecule has 2 aromatic carbocycles. The average Bonchev–Trinajstić information content (AvgIpc) is 2.95. The topological polar surface area (TPSA) is 79.0 Å². The third-order valence-corrected chi connectivity index (χ3v) is 4.42. The van der Waals surface area contributed by atoms with Gasteiger partial charge in [0, 0.05) is 25.5 Å². The lowest BCUT2D eigenvalue weighted by molar-refractivity contribution is -0.121. The number of esters is 1. The first-order valence-corrected chi connectivity index (χ1v) is 8.50. The lowest BCUT2D eigenvalue weighted by Gasteiger charge is -2.17. The van der Waals surface area contributed by atoms with Gasteiger partial charge in [0.15, 0.2) is 0 Å². The van der Waals surface area contributed by atoms with Crippen LogP contribution in [0.15, 0.2) is 48.5 Å². The van der Waals surface area contributed by atoms with E-state index in [1.807, 2.05) is 43.3 Å². The van der Waals surface area contributed by atoms with Gasteiger partial charge in [-0.3, -0.25) is 9.59 Å². The number of methoxy groups -OCH3 is 1. The van der Waals surface area contributed by atoms with E-state index in [9.17, 15) is 14.4 Å². The van der Waals surface area contributed by atoms with Crippen LogP contribution in [0.2, 0.25) is 0 Å². The molecule has 1 saturated heterocycles. The molecule has 0 unspecified atom stereocenters. The normalized spacial score (nSPS) is 16.4. The maximum absolute atomic E-state index is 12.7. The van der Waals surface area contributed by atoms with Crippen LogP contribution in [0.1, 0.15) is 16.8 Å². The number of hydrogen-bond donors (Lipinski definition) is 1. The second-order valence-electron chi connectivity index (χ2n) is 6.45. The van der Waals surface area contributed by atoms with Crippen molar-refractivity contribution in [3.63, 3.8) is 0 Å². The second kappa shape index (κ2) is 7.49. The number of hydrogen-bond acceptors (Lipinski definition) is 6. The predicted molar refractivity (Wildman–Crippen MR) is 103 cm³/mol. The number of nitrogens with zero attached hydrogens (tertiary/aromatic N) is 2. The van der Waals surface area contributed by atoms with Crippen LogP contribution in [0, 0.1) is 0 Å². The van der Waals surface area contributed by atoms with Crippen LogP contribution in [0.4, 0.5) is 17.1 Å². The van der Waals surface area contributed by atoms with Gasteiger partial charge in [-0.15, -0.1) is 0 Å². The Kier molecular flexibility index (Phi) is 5.12. The van der Waals surface area contributed by atoms with E-state index in [0.717, 1.165) is 16.3 Å². The lowest BCUT2D eigenvalue weighted by Crippen LogP contribution is -2.34. The Morgan fingerprint density at radius 1 is 1.07 bits per heavy atom. The van der Waals surface area contributed by atoms with Gasteiger partial charge in [-0.2, -0.15) is 0 Å². The molecule has 1 aliphatic rings. The van der Waals surface area contributed by atoms with Crippen molar-refractivity contribution in [2.75, 3.05) is 36.3 Å². The molecule has 1 aliphatic heterocycles. The van der Waals surface area contributed by atoms with Crippen molar-refractivity contribution < 1.29 is 19.1 Å². The molecule has 1 N–H and O–H groups in total. The summed E-state index contributed by atoms with van der Waals surface area (Å²) in [4.78, 5) is 39.7. The summed E-state index contributed by atoms with van der Waals surface area (Å²) in [6.07, 6.45) is 0.0764. The van der Waals surface area contributed by atoms with E-state index in [0.29, 0.717) is 11.3 Å². The molecule has 7 nitrogen and oxygen atoms in total. The molecule has 1 fully saturated rings. The molecule has 27 heavy (non-hydrogen) atoms. The zero-order valence-electron chi connectivity index (χ0n) is 15.4. The van der Waals surface area contributed by atoms with Gasteiger partial charge >= 0.3 is 5.97 Å². The zero-order chi connectivity index (χ0) is 19.6. The number of nitrogens with one attached hydrogen (secondary N) is 1. The number of rotatable bonds is 5. The maximum atomic E-state index is 12.7. The van der Waals surface area contributed by atoms with Crippen LogP contribution in [-0.2, 0) is 14.3 Å². The minimum absolute atomic E-state index is 0.0764. The summed E-state index contributed by atoms with van der Waals surface area (Å²) < 4.78 is 4.65. The molecule has 0 radical (unpaired) electrons. The highest BCUT2D eigenvalue weighted by Crippen LogP contribution is 2.26. The molecule has 3 rings (SSSR count). The quantitative estimate of drug-likeness (QED) is 0.645. The molecule has 0 aliphatic carbocycles. The standard InChI is InChI=1S/C20H21N3O4/c1-22(2)15-10-6-14(7-11-15)21-17-12-18(24)23(19(17)25)16-8-4-13(5-9-16)20(26)27-3/h4-11,17,21H,12H2,1-3H3/t17-/m0/s1. The molecule has 0 aromatic heterocycles. The van der Waals surface area contributed by atoms with E-state index in [-0.39, 0.29) is 18.2 Å². The summed E-state index contributed by atoms with van der Waals surface area (Å²) in [5, 5.41) is 3.12. The van der Waals surface area contributed by atoms with E-state index in [1.165, 1.54) is 19.2 Å². The van der Waals surface area contributed by atoms with Gasteiger partial charge < -0.3 is 15.0 Å². The highest BCUT2D eigenvalue weighted by Gasteiger charge is 2.39. The zero-order valence-corrected chi connectivity index (χ0v) is 15.4. The second-order valence-corrected chi connectivity index (χ2v) is 6.45. The summed E-state index contributed by atoms with van der Waals surface area (Å²) in [5.41, 5.74) is 2.61. The van der Waals surface area contributed by atoms with Gasteiger partial charge in [0.2, 0.25) is 5.91 Å². The largest absolute Gasteiger partial charge is 0.465 e. The Morgan fingerprint density at radius 2 is 1.70 bits per heavy atom. The van der Waals surface area contributed by atoms with Crippen molar-refractivity contribution in [2.24, 2.45) is 0 Å². The molecule has 140 valence electrons. The number of carbonyl (C=O) groups excluding carboxylic acids is 3. The molecule has 7 heteroatoms. The molecule has 0 spiro atoms. The Hall–Kier alpha value is -3.35. The minimum Gasteiger partial charge on any atom is -0.465 e. The van der Waals surface area contributed by atoms with Gasteiger partial charge in [0.05, 0.1) is 24.8 Å². The molecular weight excluding hydrogens is 346 g/mol. The summed E-state index contributed by atoms with van der Waals surface area (Å²) in [5.74, 6) is -1.07. The molecule has 2 aromatic rings. The highest BCUT2D eigenvalue weighted by atomic mass is 16.5. The Bertz CT molecular complexity index is 860. The Balaban J connectivity index is 1.73. The average molecular weight is 367 g/mol. The van der Waals surface area contributed by atoms with Gasteiger partial charge in [-0.05, 0) is 48.5 Å². The van der Waals surface area contributed by atoms with Gasteiger partial charge in [-0.1, -0.05) is 0 Å². The molecule has 1 atom stereocenters. The third-order valence-electron chi connectivity index (χ3n) is 4.42. The summed E-state index contributed by atoms with van der Waals surface area (Å²) in [7, 11) is 5.20. The number of imide groups is 1. The van der Waals surface area contributed by atoms with Gasteiger partial charge in [-0.25, -0.2) is 9.69 Å². The first-order valence-electron chi connectivity index (χ1n) is 8.50. The molecule has 0 saturated carbocycles. The number of benzene rings is 2. The fourth-order valence-corrected chi connectivity index (χ4v) is 2.94. The van der Waals surface area contributed by atoms with E-state index in [2.05, 4.69) is 10.1 Å². The third kappa shape index (κ3) is 3.76. The van der Waals surface area contributed by atoms with E-state index in [4.69, 9.17) is 0 Å². The van der Waals surface area contributed by atoms with Crippen LogP contribution in [0.25, 0.3) is 0 Å². The van der Waals surface area contributed by atoms with Crippen molar-refractivity contribution in [1.29, 1.82) is 0 Å². The lowest BCUT2D eigenvalue weighted by atomic mass is 10.2. The fourth-order valence-electron chi connectivity index (χ4n) is 2.94. The number of carbonyl (C=O) groups is 3. The summed E-state index contributed by atoms with van der Waals surface area (Å²) in [6, 6.07) is 13.2. The molecule has 0 bridgehead atoms. The van der Waals surface area contributed by atoms with Gasteiger partial charge in [0.25, 0.3) is 5.91 Å². The number of amides is 2. The monoisotopic (exact) mass is 367 g/mol. The smallest absolute Gasteiger partial charge is 0.337 e. The Morgan fingerprint density at radius 3 is 2.26 bits per heavy atom. The first-order chi connectivity index (χ1) is 12.9. The number of anilines is 3. The molecule has 1 heterocycles. The molecular formula is C20H21N3O4. The summed E-state index contributed by atoms with van der Waals surface area (Å²) in [6.45, 7) is 0. The van der Waals surface area contributed by atoms with Crippen molar-refractivity contribution in [3.05, 3.63) is 54.1 Å². The first kappa shape index (κ1) is 18.4. The van der Waals surface area contributed by atoms with Crippen LogP contribution in [0.3, 0.4) is 0 Å². The SMILES string of the molecule is COC(=O)c1ccc(N2C(=O)C[C@H](Nc3ccc(N(C)C)cc3)C2=O)cc1. The summed E-state index contributed by atoms with van der Waals surface area (Å²) >= 11 is 0. The van der Waals surface area contributed by atoms with E-state index < -0.39 is 12.0 Å². The van der Waals surface area contributed by atoms with Crippen LogP contribution < -0.4 is 15.1 Å². The van der Waals surface area contributed by atoms with Gasteiger partial charge in [0.1, 0.15) is 6.04 Å². The Labute approximate surface area is 157 Å². The maximum Gasteiger partial charge on any atom is 0.337 e. The number of ether oxygens (including phenoxy) is 1. The van der Waals surface area contributed by atoms with E-state index >= 15 is 0 Å².